The molecule has 0 aliphatic rings. The highest BCUT2D eigenvalue weighted by Gasteiger charge is 2.17. The molecule has 0 aliphatic carbocycles. The van der Waals surface area contributed by atoms with Crippen LogP contribution in [-0.2, 0) is 4.74 Å². The predicted molar refractivity (Wildman–Crippen MR) is 63.2 cm³/mol. The van der Waals surface area contributed by atoms with Crippen molar-refractivity contribution in [3.05, 3.63) is 28.3 Å². The Bertz CT molecular complexity index is 634. The summed E-state index contributed by atoms with van der Waals surface area (Å²) in [5.74, 6) is 0.0205. The van der Waals surface area contributed by atoms with E-state index < -0.39 is 11.0 Å². The standard InChI is InChI=1S/C10H10N4O4/c1-2-18-10(15)13-9(11)7-5-6(14(16)17)3-4-8(7)12-13/h3-5H,2,11H2,1H3. The highest BCUT2D eigenvalue weighted by Crippen LogP contribution is 2.25. The van der Waals surface area contributed by atoms with Crippen molar-refractivity contribution in [3.63, 3.8) is 0 Å². The molecule has 0 atom stereocenters. The molecule has 0 aliphatic heterocycles. The molecule has 18 heavy (non-hydrogen) atoms. The maximum atomic E-state index is 11.5. The van der Waals surface area contributed by atoms with Gasteiger partial charge in [0.15, 0.2) is 0 Å². The fourth-order valence-corrected chi connectivity index (χ4v) is 1.53. The Kier molecular flexibility index (Phi) is 2.84. The van der Waals surface area contributed by atoms with E-state index in [1.165, 1.54) is 18.2 Å². The number of carbonyl (C=O) groups excluding carboxylic acids is 1. The smallest absolute Gasteiger partial charge is 0.436 e. The highest BCUT2D eigenvalue weighted by atomic mass is 16.6. The van der Waals surface area contributed by atoms with Gasteiger partial charge in [0.25, 0.3) is 5.69 Å². The maximum Gasteiger partial charge on any atom is 0.436 e. The second kappa shape index (κ2) is 4.32. The zero-order chi connectivity index (χ0) is 13.3. The number of fused-ring (bicyclic) bond motifs is 1. The molecule has 0 bridgehead atoms. The molecule has 0 saturated heterocycles. The van der Waals surface area contributed by atoms with Crippen LogP contribution in [-0.4, -0.2) is 27.4 Å². The molecule has 0 unspecified atom stereocenters. The van der Waals surface area contributed by atoms with Crippen LogP contribution in [0.5, 0.6) is 0 Å². The summed E-state index contributed by atoms with van der Waals surface area (Å²) in [5, 5.41) is 14.9. The van der Waals surface area contributed by atoms with Gasteiger partial charge in [0.1, 0.15) is 5.82 Å². The van der Waals surface area contributed by atoms with E-state index in [9.17, 15) is 14.9 Å². The number of nitrogen functional groups attached to an aromatic ring is 1. The lowest BCUT2D eigenvalue weighted by Crippen LogP contribution is -2.17. The molecule has 8 nitrogen and oxygen atoms in total. The number of nitro benzene ring substituents is 1. The second-order valence-electron chi connectivity index (χ2n) is 3.45. The van der Waals surface area contributed by atoms with Crippen LogP contribution < -0.4 is 5.73 Å². The zero-order valence-electron chi connectivity index (χ0n) is 9.49. The number of nitrogens with zero attached hydrogens (tertiary/aromatic N) is 3. The number of benzene rings is 1. The van der Waals surface area contributed by atoms with Crippen LogP contribution >= 0.6 is 0 Å². The number of aromatic nitrogens is 2. The van der Waals surface area contributed by atoms with Crippen LogP contribution in [0.4, 0.5) is 16.3 Å². The molecule has 0 spiro atoms. The van der Waals surface area contributed by atoms with Crippen LogP contribution in [0.3, 0.4) is 0 Å². The lowest BCUT2D eigenvalue weighted by molar-refractivity contribution is -0.384. The van der Waals surface area contributed by atoms with Gasteiger partial charge in [0.05, 0.1) is 22.4 Å². The number of hydrogen-bond acceptors (Lipinski definition) is 6. The summed E-state index contributed by atoms with van der Waals surface area (Å²) in [6, 6.07) is 4.00. The topological polar surface area (TPSA) is 113 Å². The van der Waals surface area contributed by atoms with Gasteiger partial charge in [-0.3, -0.25) is 10.1 Å². The van der Waals surface area contributed by atoms with Gasteiger partial charge in [-0.2, -0.15) is 5.10 Å². The number of carbonyl (C=O) groups is 1. The largest absolute Gasteiger partial charge is 0.448 e. The summed E-state index contributed by atoms with van der Waals surface area (Å²) >= 11 is 0. The van der Waals surface area contributed by atoms with Crippen LogP contribution in [0, 0.1) is 10.1 Å². The Hall–Kier alpha value is -2.64. The van der Waals surface area contributed by atoms with E-state index in [-0.39, 0.29) is 18.1 Å². The fraction of sp³-hybridized carbons (Fsp3) is 0.200. The Labute approximate surface area is 101 Å². The van der Waals surface area contributed by atoms with Gasteiger partial charge in [-0.05, 0) is 13.0 Å². The number of hydrogen-bond donors (Lipinski definition) is 1. The van der Waals surface area contributed by atoms with Gasteiger partial charge in [-0.15, -0.1) is 4.68 Å². The van der Waals surface area contributed by atoms with Gasteiger partial charge in [0, 0.05) is 12.1 Å². The molecule has 2 rings (SSSR count). The fourth-order valence-electron chi connectivity index (χ4n) is 1.53. The van der Waals surface area contributed by atoms with E-state index in [0.717, 1.165) is 4.68 Å². The van der Waals surface area contributed by atoms with Crippen LogP contribution in [0.15, 0.2) is 18.2 Å². The number of rotatable bonds is 2. The van der Waals surface area contributed by atoms with Crippen LogP contribution in [0.25, 0.3) is 10.9 Å². The number of anilines is 1. The van der Waals surface area contributed by atoms with Gasteiger partial charge in [0.2, 0.25) is 0 Å². The summed E-state index contributed by atoms with van der Waals surface area (Å²) in [6.07, 6.45) is -0.714. The van der Waals surface area contributed by atoms with Gasteiger partial charge >= 0.3 is 6.09 Å². The Balaban J connectivity index is 2.56. The van der Waals surface area contributed by atoms with E-state index in [0.29, 0.717) is 10.9 Å². The first-order valence-electron chi connectivity index (χ1n) is 5.14. The van der Waals surface area contributed by atoms with Crippen LogP contribution in [0.1, 0.15) is 6.92 Å². The number of non-ortho nitro benzene ring substituents is 1. The zero-order valence-corrected chi connectivity index (χ0v) is 9.49. The Morgan fingerprint density at radius 1 is 1.61 bits per heavy atom. The minimum Gasteiger partial charge on any atom is -0.448 e. The first kappa shape index (κ1) is 11.8. The van der Waals surface area contributed by atoms with Crippen molar-refractivity contribution in [2.45, 2.75) is 6.92 Å². The summed E-state index contributed by atoms with van der Waals surface area (Å²) in [6.45, 7) is 1.84. The average molecular weight is 250 g/mol. The lowest BCUT2D eigenvalue weighted by Gasteiger charge is -2.01. The summed E-state index contributed by atoms with van der Waals surface area (Å²) < 4.78 is 5.65. The van der Waals surface area contributed by atoms with Gasteiger partial charge in [-0.25, -0.2) is 4.79 Å². The molecule has 1 aromatic heterocycles. The van der Waals surface area contributed by atoms with Crippen molar-refractivity contribution in [3.8, 4) is 0 Å². The quantitative estimate of drug-likeness (QED) is 0.638. The molecular weight excluding hydrogens is 240 g/mol. The van der Waals surface area contributed by atoms with Crippen LogP contribution in [0.2, 0.25) is 0 Å². The SMILES string of the molecule is CCOC(=O)n1nc2ccc([N+](=O)[O-])cc2c1N. The first-order chi connectivity index (χ1) is 8.54. The molecule has 1 aromatic carbocycles. The molecule has 0 radical (unpaired) electrons. The number of ether oxygens (including phenoxy) is 1. The molecule has 0 amide bonds. The second-order valence-corrected chi connectivity index (χ2v) is 3.45. The van der Waals surface area contributed by atoms with Gasteiger partial charge in [-0.1, -0.05) is 0 Å². The Morgan fingerprint density at radius 3 is 2.94 bits per heavy atom. The average Bonchev–Trinajstić information content (AvgIpc) is 2.67. The third kappa shape index (κ3) is 1.83. The van der Waals surface area contributed by atoms with E-state index in [4.69, 9.17) is 10.5 Å². The highest BCUT2D eigenvalue weighted by molar-refractivity contribution is 5.94. The normalized spacial score (nSPS) is 10.5. The van der Waals surface area contributed by atoms with Crippen molar-refractivity contribution in [2.24, 2.45) is 0 Å². The number of nitrogens with two attached hydrogens (primary N) is 1. The monoisotopic (exact) mass is 250 g/mol. The summed E-state index contributed by atoms with van der Waals surface area (Å²) in [7, 11) is 0. The molecule has 94 valence electrons. The Morgan fingerprint density at radius 2 is 2.33 bits per heavy atom. The van der Waals surface area contributed by atoms with Crippen molar-refractivity contribution >= 4 is 28.5 Å². The van der Waals surface area contributed by atoms with E-state index in [1.54, 1.807) is 6.92 Å². The van der Waals surface area contributed by atoms with Crippen molar-refractivity contribution < 1.29 is 14.5 Å². The van der Waals surface area contributed by atoms with Crippen molar-refractivity contribution in [2.75, 3.05) is 12.3 Å². The summed E-state index contributed by atoms with van der Waals surface area (Å²) in [4.78, 5) is 21.6. The number of nitro groups is 1. The molecule has 0 saturated carbocycles. The molecular formula is C10H10N4O4. The van der Waals surface area contributed by atoms with E-state index in [2.05, 4.69) is 5.10 Å². The lowest BCUT2D eigenvalue weighted by atomic mass is 10.2. The first-order valence-corrected chi connectivity index (χ1v) is 5.14. The molecule has 8 heteroatoms. The molecule has 2 aromatic rings. The maximum absolute atomic E-state index is 11.5. The van der Waals surface area contributed by atoms with E-state index >= 15 is 0 Å². The molecule has 0 fully saturated rings. The third-order valence-electron chi connectivity index (χ3n) is 2.34. The summed E-state index contributed by atoms with van der Waals surface area (Å²) in [5.41, 5.74) is 6.00. The molecule has 1 heterocycles. The minimum absolute atomic E-state index is 0.0205. The van der Waals surface area contributed by atoms with Crippen molar-refractivity contribution in [1.29, 1.82) is 0 Å². The van der Waals surface area contributed by atoms with Crippen molar-refractivity contribution in [1.82, 2.24) is 9.78 Å². The predicted octanol–water partition coefficient (Wildman–Crippen LogP) is 1.53. The van der Waals surface area contributed by atoms with Gasteiger partial charge < -0.3 is 10.5 Å². The van der Waals surface area contributed by atoms with E-state index in [1.807, 2.05) is 0 Å². The third-order valence-corrected chi connectivity index (χ3v) is 2.34. The minimum atomic E-state index is -0.714. The molecule has 2 N–H and O–H groups in total.